The SMILES string of the molecule is CCOc1ccc(/C=C/C(=O)Nc2cccc(NC(=O)C3CC3)c2C)cc1. The second kappa shape index (κ2) is 8.54. The fourth-order valence-electron chi connectivity index (χ4n) is 2.67. The van der Waals surface area contributed by atoms with Gasteiger partial charge < -0.3 is 15.4 Å². The highest BCUT2D eigenvalue weighted by molar-refractivity contribution is 6.03. The average Bonchev–Trinajstić information content (AvgIpc) is 3.50. The zero-order chi connectivity index (χ0) is 19.2. The van der Waals surface area contributed by atoms with Gasteiger partial charge in [0, 0.05) is 23.4 Å². The summed E-state index contributed by atoms with van der Waals surface area (Å²) in [5, 5.41) is 5.81. The van der Waals surface area contributed by atoms with Crippen LogP contribution in [0.5, 0.6) is 5.75 Å². The number of anilines is 2. The first-order valence-corrected chi connectivity index (χ1v) is 9.19. The van der Waals surface area contributed by atoms with E-state index in [-0.39, 0.29) is 17.7 Å². The fraction of sp³-hybridized carbons (Fsp3) is 0.273. The van der Waals surface area contributed by atoms with Crippen molar-refractivity contribution >= 4 is 29.3 Å². The predicted molar refractivity (Wildman–Crippen MR) is 108 cm³/mol. The molecule has 0 heterocycles. The Morgan fingerprint density at radius 2 is 1.74 bits per heavy atom. The summed E-state index contributed by atoms with van der Waals surface area (Å²) in [5.41, 5.74) is 3.18. The Kier molecular flexibility index (Phi) is 5.91. The summed E-state index contributed by atoms with van der Waals surface area (Å²) >= 11 is 0. The molecule has 0 radical (unpaired) electrons. The number of carbonyl (C=O) groups excluding carboxylic acids is 2. The molecule has 1 saturated carbocycles. The van der Waals surface area contributed by atoms with Crippen LogP contribution in [0.15, 0.2) is 48.5 Å². The van der Waals surface area contributed by atoms with Crippen molar-refractivity contribution in [3.63, 3.8) is 0 Å². The topological polar surface area (TPSA) is 67.4 Å². The Hall–Kier alpha value is -3.08. The first kappa shape index (κ1) is 18.7. The summed E-state index contributed by atoms with van der Waals surface area (Å²) in [6.45, 7) is 4.44. The van der Waals surface area contributed by atoms with E-state index in [0.29, 0.717) is 12.3 Å². The molecular formula is C22H24N2O3. The molecule has 1 aliphatic rings. The van der Waals surface area contributed by atoms with E-state index in [1.54, 1.807) is 6.08 Å². The van der Waals surface area contributed by atoms with Crippen LogP contribution >= 0.6 is 0 Å². The highest BCUT2D eigenvalue weighted by Gasteiger charge is 2.29. The van der Waals surface area contributed by atoms with Crippen LogP contribution in [-0.2, 0) is 9.59 Å². The fourth-order valence-corrected chi connectivity index (χ4v) is 2.67. The quantitative estimate of drug-likeness (QED) is 0.716. The number of carbonyl (C=O) groups is 2. The Bertz CT molecular complexity index is 852. The summed E-state index contributed by atoms with van der Waals surface area (Å²) in [6, 6.07) is 13.0. The number of amides is 2. The minimum atomic E-state index is -0.224. The molecule has 0 aliphatic heterocycles. The molecule has 0 aromatic heterocycles. The lowest BCUT2D eigenvalue weighted by Crippen LogP contribution is -2.15. The zero-order valence-corrected chi connectivity index (χ0v) is 15.6. The number of nitrogens with one attached hydrogen (secondary N) is 2. The summed E-state index contributed by atoms with van der Waals surface area (Å²) in [4.78, 5) is 24.2. The highest BCUT2D eigenvalue weighted by Crippen LogP contribution is 2.31. The van der Waals surface area contributed by atoms with E-state index in [1.165, 1.54) is 6.08 Å². The van der Waals surface area contributed by atoms with Crippen LogP contribution in [0.4, 0.5) is 11.4 Å². The van der Waals surface area contributed by atoms with E-state index in [1.807, 2.05) is 56.3 Å². The molecule has 0 atom stereocenters. The van der Waals surface area contributed by atoms with Crippen molar-refractivity contribution in [2.45, 2.75) is 26.7 Å². The summed E-state index contributed by atoms with van der Waals surface area (Å²) in [6.07, 6.45) is 5.15. The molecular weight excluding hydrogens is 340 g/mol. The molecule has 140 valence electrons. The van der Waals surface area contributed by atoms with Crippen LogP contribution < -0.4 is 15.4 Å². The van der Waals surface area contributed by atoms with Gasteiger partial charge in [-0.25, -0.2) is 0 Å². The maximum absolute atomic E-state index is 12.2. The van der Waals surface area contributed by atoms with Crippen molar-refractivity contribution in [2.24, 2.45) is 5.92 Å². The third-order valence-electron chi connectivity index (χ3n) is 4.42. The molecule has 3 rings (SSSR count). The monoisotopic (exact) mass is 364 g/mol. The van der Waals surface area contributed by atoms with Crippen LogP contribution in [0.25, 0.3) is 6.08 Å². The van der Waals surface area contributed by atoms with Crippen molar-refractivity contribution in [1.82, 2.24) is 0 Å². The minimum absolute atomic E-state index is 0.0528. The maximum Gasteiger partial charge on any atom is 0.248 e. The van der Waals surface area contributed by atoms with Crippen LogP contribution in [0, 0.1) is 12.8 Å². The van der Waals surface area contributed by atoms with E-state index in [2.05, 4.69) is 10.6 Å². The first-order valence-electron chi connectivity index (χ1n) is 9.19. The number of hydrogen-bond donors (Lipinski definition) is 2. The molecule has 0 saturated heterocycles. The molecule has 2 amide bonds. The molecule has 5 nitrogen and oxygen atoms in total. The second-order valence-electron chi connectivity index (χ2n) is 6.57. The van der Waals surface area contributed by atoms with Crippen molar-refractivity contribution in [3.8, 4) is 5.75 Å². The van der Waals surface area contributed by atoms with Gasteiger partial charge in [-0.2, -0.15) is 0 Å². The Morgan fingerprint density at radius 1 is 1.07 bits per heavy atom. The molecule has 2 aromatic rings. The van der Waals surface area contributed by atoms with Gasteiger partial charge in [0.15, 0.2) is 0 Å². The number of hydrogen-bond acceptors (Lipinski definition) is 3. The predicted octanol–water partition coefficient (Wildman–Crippen LogP) is 4.39. The summed E-state index contributed by atoms with van der Waals surface area (Å²) < 4.78 is 5.40. The molecule has 2 N–H and O–H groups in total. The summed E-state index contributed by atoms with van der Waals surface area (Å²) in [5.74, 6) is 0.772. The van der Waals surface area contributed by atoms with Crippen LogP contribution in [0.1, 0.15) is 30.9 Å². The molecule has 1 aliphatic carbocycles. The average molecular weight is 364 g/mol. The van der Waals surface area contributed by atoms with E-state index < -0.39 is 0 Å². The Morgan fingerprint density at radius 3 is 2.37 bits per heavy atom. The number of rotatable bonds is 7. The molecule has 27 heavy (non-hydrogen) atoms. The van der Waals surface area contributed by atoms with Crippen molar-refractivity contribution in [3.05, 3.63) is 59.7 Å². The highest BCUT2D eigenvalue weighted by atomic mass is 16.5. The van der Waals surface area contributed by atoms with Gasteiger partial charge in [0.25, 0.3) is 0 Å². The Balaban J connectivity index is 1.62. The van der Waals surface area contributed by atoms with Gasteiger partial charge >= 0.3 is 0 Å². The molecule has 0 spiro atoms. The summed E-state index contributed by atoms with van der Waals surface area (Å²) in [7, 11) is 0. The van der Waals surface area contributed by atoms with Gasteiger partial charge in [0.1, 0.15) is 5.75 Å². The largest absolute Gasteiger partial charge is 0.494 e. The van der Waals surface area contributed by atoms with Gasteiger partial charge in [-0.15, -0.1) is 0 Å². The van der Waals surface area contributed by atoms with E-state index in [4.69, 9.17) is 4.74 Å². The molecule has 1 fully saturated rings. The third kappa shape index (κ3) is 5.20. The zero-order valence-electron chi connectivity index (χ0n) is 15.6. The maximum atomic E-state index is 12.2. The van der Waals surface area contributed by atoms with Crippen LogP contribution in [0.2, 0.25) is 0 Å². The minimum Gasteiger partial charge on any atom is -0.494 e. The Labute approximate surface area is 159 Å². The second-order valence-corrected chi connectivity index (χ2v) is 6.57. The first-order chi connectivity index (χ1) is 13.1. The molecule has 2 aromatic carbocycles. The normalized spacial score (nSPS) is 13.4. The van der Waals surface area contributed by atoms with Crippen molar-refractivity contribution < 1.29 is 14.3 Å². The van der Waals surface area contributed by atoms with Crippen LogP contribution in [0.3, 0.4) is 0 Å². The van der Waals surface area contributed by atoms with E-state index in [0.717, 1.165) is 35.4 Å². The third-order valence-corrected chi connectivity index (χ3v) is 4.42. The smallest absolute Gasteiger partial charge is 0.248 e. The molecule has 0 unspecified atom stereocenters. The number of benzene rings is 2. The standard InChI is InChI=1S/C22H24N2O3/c1-3-27-18-12-7-16(8-13-18)9-14-21(25)23-19-5-4-6-20(15(19)2)24-22(26)17-10-11-17/h4-9,12-14,17H,3,10-11H2,1-2H3,(H,23,25)(H,24,26)/b14-9+. The van der Waals surface area contributed by atoms with E-state index in [9.17, 15) is 9.59 Å². The molecule has 0 bridgehead atoms. The van der Waals surface area contributed by atoms with E-state index >= 15 is 0 Å². The van der Waals surface area contributed by atoms with Crippen molar-refractivity contribution in [2.75, 3.05) is 17.2 Å². The van der Waals surface area contributed by atoms with Crippen LogP contribution in [-0.4, -0.2) is 18.4 Å². The van der Waals surface area contributed by atoms with Gasteiger partial charge in [-0.05, 0) is 68.2 Å². The van der Waals surface area contributed by atoms with Gasteiger partial charge in [-0.1, -0.05) is 18.2 Å². The lowest BCUT2D eigenvalue weighted by Gasteiger charge is -2.12. The van der Waals surface area contributed by atoms with Gasteiger partial charge in [0.05, 0.1) is 6.61 Å². The van der Waals surface area contributed by atoms with Crippen molar-refractivity contribution in [1.29, 1.82) is 0 Å². The lowest BCUT2D eigenvalue weighted by molar-refractivity contribution is -0.117. The van der Waals surface area contributed by atoms with Gasteiger partial charge in [0.2, 0.25) is 11.8 Å². The molecule has 5 heteroatoms. The number of ether oxygens (including phenoxy) is 1. The lowest BCUT2D eigenvalue weighted by atomic mass is 10.1. The van der Waals surface area contributed by atoms with Gasteiger partial charge in [-0.3, -0.25) is 9.59 Å².